The largest absolute Gasteiger partial charge is 0.349 e. The molecule has 0 aliphatic heterocycles. The van der Waals surface area contributed by atoms with Crippen LogP contribution in [0.4, 0.5) is 0 Å². The molecule has 3 nitrogen and oxygen atoms in total. The summed E-state index contributed by atoms with van der Waals surface area (Å²) in [6, 6.07) is 10.4. The number of thioether (sulfide) groups is 1. The quantitative estimate of drug-likeness (QED) is 0.578. The first-order valence-corrected chi connectivity index (χ1v) is 7.27. The van der Waals surface area contributed by atoms with E-state index in [0.717, 1.165) is 25.3 Å². The summed E-state index contributed by atoms with van der Waals surface area (Å²) in [5, 5.41) is 3.36. The maximum absolute atomic E-state index is 11.3. The van der Waals surface area contributed by atoms with Crippen LogP contribution in [0.15, 0.2) is 35.2 Å². The highest BCUT2D eigenvalue weighted by Gasteiger charge is 2.02. The monoisotopic (exact) mass is 266 g/mol. The van der Waals surface area contributed by atoms with E-state index in [9.17, 15) is 4.79 Å². The first-order valence-electron chi connectivity index (χ1n) is 6.29. The van der Waals surface area contributed by atoms with Gasteiger partial charge in [-0.2, -0.15) is 0 Å². The fourth-order valence-electron chi connectivity index (χ4n) is 1.47. The van der Waals surface area contributed by atoms with Crippen molar-refractivity contribution in [2.45, 2.75) is 17.7 Å². The van der Waals surface area contributed by atoms with Gasteiger partial charge in [-0.3, -0.25) is 4.79 Å². The van der Waals surface area contributed by atoms with Crippen molar-refractivity contribution in [3.8, 4) is 0 Å². The molecular formula is C14H22N2OS. The molecule has 1 amide bonds. The van der Waals surface area contributed by atoms with E-state index in [4.69, 9.17) is 0 Å². The molecule has 0 aliphatic carbocycles. The minimum Gasteiger partial charge on any atom is -0.349 e. The van der Waals surface area contributed by atoms with Crippen molar-refractivity contribution in [1.29, 1.82) is 0 Å². The zero-order valence-electron chi connectivity index (χ0n) is 11.2. The van der Waals surface area contributed by atoms with Crippen molar-refractivity contribution in [3.05, 3.63) is 30.3 Å². The number of carbonyl (C=O) groups excluding carboxylic acids is 1. The highest BCUT2D eigenvalue weighted by atomic mass is 32.2. The number of hydrogen-bond acceptors (Lipinski definition) is 3. The maximum atomic E-state index is 11.3. The molecule has 0 fully saturated rings. The SMILES string of the molecule is CN(C)C(=O)CCCNCCSc1ccccc1. The third kappa shape index (κ3) is 6.67. The summed E-state index contributed by atoms with van der Waals surface area (Å²) in [5.41, 5.74) is 0. The van der Waals surface area contributed by atoms with E-state index in [0.29, 0.717) is 6.42 Å². The second-order valence-corrected chi connectivity index (χ2v) is 5.47. The van der Waals surface area contributed by atoms with Crippen molar-refractivity contribution >= 4 is 17.7 Å². The van der Waals surface area contributed by atoms with Crippen LogP contribution >= 0.6 is 11.8 Å². The minimum absolute atomic E-state index is 0.204. The van der Waals surface area contributed by atoms with Gasteiger partial charge in [0.25, 0.3) is 0 Å². The van der Waals surface area contributed by atoms with Gasteiger partial charge in [-0.25, -0.2) is 0 Å². The highest BCUT2D eigenvalue weighted by molar-refractivity contribution is 7.99. The lowest BCUT2D eigenvalue weighted by Crippen LogP contribution is -2.24. The fourth-order valence-corrected chi connectivity index (χ4v) is 2.30. The summed E-state index contributed by atoms with van der Waals surface area (Å²) in [4.78, 5) is 14.3. The molecule has 0 atom stereocenters. The molecule has 0 aromatic heterocycles. The van der Waals surface area contributed by atoms with Crippen LogP contribution in [-0.2, 0) is 4.79 Å². The van der Waals surface area contributed by atoms with E-state index in [1.165, 1.54) is 4.90 Å². The lowest BCUT2D eigenvalue weighted by Gasteiger charge is -2.10. The zero-order chi connectivity index (χ0) is 13.2. The molecular weight excluding hydrogens is 244 g/mol. The van der Waals surface area contributed by atoms with Crippen LogP contribution < -0.4 is 5.32 Å². The Morgan fingerprint density at radius 1 is 1.22 bits per heavy atom. The van der Waals surface area contributed by atoms with Crippen LogP contribution in [-0.4, -0.2) is 43.7 Å². The van der Waals surface area contributed by atoms with Crippen molar-refractivity contribution in [3.63, 3.8) is 0 Å². The molecule has 0 bridgehead atoms. The lowest BCUT2D eigenvalue weighted by atomic mass is 10.3. The molecule has 0 saturated carbocycles. The number of hydrogen-bond donors (Lipinski definition) is 1. The average Bonchev–Trinajstić information content (AvgIpc) is 2.38. The number of benzene rings is 1. The molecule has 0 unspecified atom stereocenters. The van der Waals surface area contributed by atoms with Crippen LogP contribution in [0, 0.1) is 0 Å². The number of nitrogens with zero attached hydrogens (tertiary/aromatic N) is 1. The van der Waals surface area contributed by atoms with Gasteiger partial charge in [0.1, 0.15) is 0 Å². The van der Waals surface area contributed by atoms with Gasteiger partial charge in [0.05, 0.1) is 0 Å². The Hall–Kier alpha value is -1.00. The van der Waals surface area contributed by atoms with Gasteiger partial charge in [-0.15, -0.1) is 11.8 Å². The van der Waals surface area contributed by atoms with Gasteiger partial charge in [0.2, 0.25) is 5.91 Å². The van der Waals surface area contributed by atoms with Crippen molar-refractivity contribution < 1.29 is 4.79 Å². The van der Waals surface area contributed by atoms with Crippen molar-refractivity contribution in [2.24, 2.45) is 0 Å². The molecule has 0 radical (unpaired) electrons. The first-order chi connectivity index (χ1) is 8.70. The third-order valence-corrected chi connectivity index (χ3v) is 3.55. The Morgan fingerprint density at radius 2 is 1.94 bits per heavy atom. The highest BCUT2D eigenvalue weighted by Crippen LogP contribution is 2.15. The van der Waals surface area contributed by atoms with Crippen LogP contribution in [0.2, 0.25) is 0 Å². The molecule has 100 valence electrons. The minimum atomic E-state index is 0.204. The van der Waals surface area contributed by atoms with Crippen LogP contribution in [0.1, 0.15) is 12.8 Å². The summed E-state index contributed by atoms with van der Waals surface area (Å²) in [6.07, 6.45) is 1.54. The van der Waals surface area contributed by atoms with Gasteiger partial charge < -0.3 is 10.2 Å². The summed E-state index contributed by atoms with van der Waals surface area (Å²) in [7, 11) is 3.60. The van der Waals surface area contributed by atoms with Crippen molar-refractivity contribution in [1.82, 2.24) is 10.2 Å². The van der Waals surface area contributed by atoms with E-state index in [-0.39, 0.29) is 5.91 Å². The lowest BCUT2D eigenvalue weighted by molar-refractivity contribution is -0.128. The molecule has 1 N–H and O–H groups in total. The Balaban J connectivity index is 1.95. The molecule has 0 spiro atoms. The standard InChI is InChI=1S/C14H22N2OS/c1-16(2)14(17)9-6-10-15-11-12-18-13-7-4-3-5-8-13/h3-5,7-8,15H,6,9-12H2,1-2H3. The number of rotatable bonds is 8. The van der Waals surface area contributed by atoms with Crippen molar-refractivity contribution in [2.75, 3.05) is 32.9 Å². The Morgan fingerprint density at radius 3 is 2.61 bits per heavy atom. The molecule has 18 heavy (non-hydrogen) atoms. The molecule has 0 saturated heterocycles. The summed E-state index contributed by atoms with van der Waals surface area (Å²) in [6.45, 7) is 1.89. The molecule has 1 rings (SSSR count). The zero-order valence-corrected chi connectivity index (χ0v) is 12.0. The smallest absolute Gasteiger partial charge is 0.222 e. The molecule has 0 aliphatic rings. The number of carbonyl (C=O) groups is 1. The third-order valence-electron chi connectivity index (χ3n) is 2.53. The van der Waals surface area contributed by atoms with Gasteiger partial charge >= 0.3 is 0 Å². The van der Waals surface area contributed by atoms with Gasteiger partial charge in [-0.05, 0) is 25.1 Å². The molecule has 0 heterocycles. The topological polar surface area (TPSA) is 32.3 Å². The van der Waals surface area contributed by atoms with E-state index in [1.54, 1.807) is 19.0 Å². The van der Waals surface area contributed by atoms with Gasteiger partial charge in [0.15, 0.2) is 0 Å². The predicted octanol–water partition coefficient (Wildman–Crippen LogP) is 2.24. The Labute approximate surface area is 114 Å². The molecule has 1 aromatic carbocycles. The second kappa shape index (κ2) is 9.00. The number of amides is 1. The number of nitrogens with one attached hydrogen (secondary N) is 1. The van der Waals surface area contributed by atoms with Crippen LogP contribution in [0.5, 0.6) is 0 Å². The van der Waals surface area contributed by atoms with E-state index in [1.807, 2.05) is 17.8 Å². The van der Waals surface area contributed by atoms with Gasteiger partial charge in [-0.1, -0.05) is 18.2 Å². The summed E-state index contributed by atoms with van der Waals surface area (Å²) >= 11 is 1.85. The summed E-state index contributed by atoms with van der Waals surface area (Å²) in [5.74, 6) is 1.27. The second-order valence-electron chi connectivity index (χ2n) is 4.30. The van der Waals surface area contributed by atoms with Crippen LogP contribution in [0.3, 0.4) is 0 Å². The average molecular weight is 266 g/mol. The van der Waals surface area contributed by atoms with E-state index in [2.05, 4.69) is 29.6 Å². The predicted molar refractivity (Wildman–Crippen MR) is 78.0 cm³/mol. The summed E-state index contributed by atoms with van der Waals surface area (Å²) < 4.78 is 0. The Bertz CT molecular complexity index is 341. The van der Waals surface area contributed by atoms with Gasteiger partial charge in [0, 0.05) is 37.7 Å². The fraction of sp³-hybridized carbons (Fsp3) is 0.500. The van der Waals surface area contributed by atoms with E-state index >= 15 is 0 Å². The molecule has 1 aromatic rings. The molecule has 4 heteroatoms. The van der Waals surface area contributed by atoms with E-state index < -0.39 is 0 Å². The Kier molecular flexibility index (Phi) is 7.53. The van der Waals surface area contributed by atoms with Crippen LogP contribution in [0.25, 0.3) is 0 Å². The normalized spacial score (nSPS) is 10.3. The maximum Gasteiger partial charge on any atom is 0.222 e. The first kappa shape index (κ1) is 15.1.